The zero-order chi connectivity index (χ0) is 20.9. The molecule has 3 heterocycles. The Morgan fingerprint density at radius 3 is 2.73 bits per heavy atom. The molecular weight excluding hydrogens is 369 g/mol. The van der Waals surface area contributed by atoms with Crippen LogP contribution in [-0.4, -0.2) is 64.3 Å². The van der Waals surface area contributed by atoms with Crippen LogP contribution in [0, 0.1) is 0 Å². The molecule has 0 amide bonds. The van der Waals surface area contributed by atoms with Gasteiger partial charge in [-0.25, -0.2) is 0 Å². The first-order chi connectivity index (χ1) is 14.5. The number of carbonyl (C=O) groups excluding carboxylic acids is 1. The van der Waals surface area contributed by atoms with Crippen molar-refractivity contribution in [2.75, 3.05) is 49.6 Å². The Labute approximate surface area is 181 Å². The third-order valence-corrected chi connectivity index (χ3v) is 7.64. The Balaban J connectivity index is 1.26. The van der Waals surface area contributed by atoms with Gasteiger partial charge >= 0.3 is 0 Å². The van der Waals surface area contributed by atoms with E-state index < -0.39 is 0 Å². The number of piperidine rings is 1. The topological polar surface area (TPSA) is 26.8 Å². The predicted molar refractivity (Wildman–Crippen MR) is 127 cm³/mol. The number of fused-ring (bicyclic) bond motifs is 3. The lowest BCUT2D eigenvalue weighted by molar-refractivity contribution is 0.0963. The number of ketones is 1. The molecule has 0 radical (unpaired) electrons. The number of carbonyl (C=O) groups is 1. The fourth-order valence-electron chi connectivity index (χ4n) is 5.98. The molecule has 2 aromatic rings. The summed E-state index contributed by atoms with van der Waals surface area (Å²) in [6.45, 7) is 7.94. The number of anilines is 2. The number of benzene rings is 2. The average Bonchev–Trinajstić information content (AvgIpc) is 3.00. The van der Waals surface area contributed by atoms with Crippen LogP contribution in [0.5, 0.6) is 0 Å². The number of likely N-dealkylation sites (N-methyl/N-ethyl adjacent to an activating group) is 1. The summed E-state index contributed by atoms with van der Waals surface area (Å²) in [5, 5.41) is 0. The van der Waals surface area contributed by atoms with Gasteiger partial charge in [-0.05, 0) is 31.0 Å². The Bertz CT molecular complexity index is 959. The molecule has 0 aromatic heterocycles. The maximum atomic E-state index is 12.5. The standard InChI is InChI=1S/C25H32BN3O/c1-25-17-28(13-4-7-22(30)18-8-10-19(26)11-9-18)14-12-23(25)29-16-15-27(2)21-6-3-5-20(25)24(21)29/h3,5-6,8-11,23H,4,7,12-17,26H2,1-2H3. The van der Waals surface area contributed by atoms with Gasteiger partial charge in [0.05, 0.1) is 11.4 Å². The van der Waals surface area contributed by atoms with Crippen molar-refractivity contribution in [2.24, 2.45) is 0 Å². The quantitative estimate of drug-likeness (QED) is 0.567. The van der Waals surface area contributed by atoms with E-state index in [4.69, 9.17) is 0 Å². The minimum Gasteiger partial charge on any atom is -0.371 e. The molecule has 2 aromatic carbocycles. The van der Waals surface area contributed by atoms with Crippen LogP contribution < -0.4 is 15.3 Å². The molecule has 30 heavy (non-hydrogen) atoms. The fraction of sp³-hybridized carbons (Fsp3) is 0.480. The number of likely N-dealkylation sites (tertiary alicyclic amines) is 1. The molecule has 1 saturated heterocycles. The van der Waals surface area contributed by atoms with Gasteiger partial charge in [0.15, 0.2) is 5.78 Å². The summed E-state index contributed by atoms with van der Waals surface area (Å²) >= 11 is 0. The van der Waals surface area contributed by atoms with Crippen molar-refractivity contribution in [1.82, 2.24) is 4.90 Å². The van der Waals surface area contributed by atoms with Crippen molar-refractivity contribution in [3.63, 3.8) is 0 Å². The average molecular weight is 401 g/mol. The van der Waals surface area contributed by atoms with Crippen LogP contribution in [0.25, 0.3) is 0 Å². The highest BCUT2D eigenvalue weighted by Gasteiger charge is 2.52. The van der Waals surface area contributed by atoms with Crippen LogP contribution in [0.1, 0.15) is 42.1 Å². The lowest BCUT2D eigenvalue weighted by Crippen LogP contribution is -2.56. The molecule has 5 heteroatoms. The molecule has 2 unspecified atom stereocenters. The molecule has 2 atom stereocenters. The van der Waals surface area contributed by atoms with E-state index in [9.17, 15) is 4.79 Å². The number of Topliss-reactive ketones (excluding diaryl/α,β-unsaturated/α-hetero) is 1. The Hall–Kier alpha value is -2.27. The molecule has 5 rings (SSSR count). The van der Waals surface area contributed by atoms with Gasteiger partial charge in [-0.15, -0.1) is 0 Å². The number of nitrogens with zero attached hydrogens (tertiary/aromatic N) is 3. The summed E-state index contributed by atoms with van der Waals surface area (Å²) in [5.74, 6) is 0.270. The largest absolute Gasteiger partial charge is 0.371 e. The molecule has 1 fully saturated rings. The summed E-state index contributed by atoms with van der Waals surface area (Å²) < 4.78 is 0. The lowest BCUT2D eigenvalue weighted by atomic mass is 9.74. The van der Waals surface area contributed by atoms with Crippen LogP contribution in [0.4, 0.5) is 11.4 Å². The molecule has 0 saturated carbocycles. The molecular formula is C25H32BN3O. The van der Waals surface area contributed by atoms with E-state index >= 15 is 0 Å². The molecule has 3 aliphatic heterocycles. The fourth-order valence-corrected chi connectivity index (χ4v) is 5.98. The zero-order valence-electron chi connectivity index (χ0n) is 18.5. The molecule has 0 spiro atoms. The minimum absolute atomic E-state index is 0.176. The molecule has 0 N–H and O–H groups in total. The van der Waals surface area contributed by atoms with Crippen LogP contribution in [-0.2, 0) is 5.41 Å². The zero-order valence-corrected chi connectivity index (χ0v) is 18.5. The lowest BCUT2D eigenvalue weighted by Gasteiger charge is -2.46. The van der Waals surface area contributed by atoms with Crippen molar-refractivity contribution >= 4 is 30.5 Å². The predicted octanol–water partition coefficient (Wildman–Crippen LogP) is 2.21. The molecule has 4 nitrogen and oxygen atoms in total. The maximum Gasteiger partial charge on any atom is 0.162 e. The van der Waals surface area contributed by atoms with E-state index in [1.807, 2.05) is 24.3 Å². The van der Waals surface area contributed by atoms with Gasteiger partial charge in [-0.1, -0.05) is 48.8 Å². The van der Waals surface area contributed by atoms with Gasteiger partial charge in [-0.2, -0.15) is 0 Å². The Morgan fingerprint density at radius 2 is 1.93 bits per heavy atom. The highest BCUT2D eigenvalue weighted by atomic mass is 16.1. The smallest absolute Gasteiger partial charge is 0.162 e. The van der Waals surface area contributed by atoms with Crippen LogP contribution in [0.3, 0.4) is 0 Å². The summed E-state index contributed by atoms with van der Waals surface area (Å²) in [6.07, 6.45) is 2.78. The Kier molecular flexibility index (Phi) is 4.89. The normalized spacial score (nSPS) is 25.2. The van der Waals surface area contributed by atoms with Gasteiger partial charge in [-0.3, -0.25) is 4.79 Å². The second-order valence-corrected chi connectivity index (χ2v) is 9.68. The summed E-state index contributed by atoms with van der Waals surface area (Å²) in [4.78, 5) is 20.2. The van der Waals surface area contributed by atoms with Crippen molar-refractivity contribution < 1.29 is 4.79 Å². The highest BCUT2D eigenvalue weighted by Crippen LogP contribution is 2.53. The van der Waals surface area contributed by atoms with Crippen molar-refractivity contribution in [3.05, 3.63) is 53.6 Å². The number of para-hydroxylation sites is 1. The van der Waals surface area contributed by atoms with Gasteiger partial charge in [0, 0.05) is 56.7 Å². The number of rotatable bonds is 5. The molecule has 0 aliphatic carbocycles. The van der Waals surface area contributed by atoms with E-state index in [1.54, 1.807) is 0 Å². The Morgan fingerprint density at radius 1 is 1.13 bits per heavy atom. The second kappa shape index (κ2) is 7.45. The maximum absolute atomic E-state index is 12.5. The third-order valence-electron chi connectivity index (χ3n) is 7.64. The first-order valence-electron chi connectivity index (χ1n) is 11.4. The van der Waals surface area contributed by atoms with E-state index in [0.717, 1.165) is 44.7 Å². The summed E-state index contributed by atoms with van der Waals surface area (Å²) in [7, 11) is 4.28. The SMILES string of the molecule is Bc1ccc(C(=O)CCCN2CCC3N4CCN(C)c5cccc(c54)C3(C)C2)cc1. The van der Waals surface area contributed by atoms with E-state index in [2.05, 4.69) is 54.7 Å². The minimum atomic E-state index is 0.176. The van der Waals surface area contributed by atoms with Gasteiger partial charge < -0.3 is 14.7 Å². The van der Waals surface area contributed by atoms with E-state index in [-0.39, 0.29) is 11.2 Å². The first kappa shape index (κ1) is 19.7. The van der Waals surface area contributed by atoms with Gasteiger partial charge in [0.25, 0.3) is 0 Å². The highest BCUT2D eigenvalue weighted by molar-refractivity contribution is 6.32. The van der Waals surface area contributed by atoms with Crippen LogP contribution in [0.2, 0.25) is 0 Å². The van der Waals surface area contributed by atoms with Crippen molar-refractivity contribution in [3.8, 4) is 0 Å². The molecule has 3 aliphatic rings. The van der Waals surface area contributed by atoms with Crippen LogP contribution in [0.15, 0.2) is 42.5 Å². The van der Waals surface area contributed by atoms with Crippen molar-refractivity contribution in [2.45, 2.75) is 37.6 Å². The van der Waals surface area contributed by atoms with Crippen molar-refractivity contribution in [1.29, 1.82) is 0 Å². The molecule has 0 bridgehead atoms. The van der Waals surface area contributed by atoms with E-state index in [0.29, 0.717) is 12.5 Å². The first-order valence-corrected chi connectivity index (χ1v) is 11.4. The summed E-state index contributed by atoms with van der Waals surface area (Å²) in [6, 6.07) is 15.5. The molecule has 156 valence electrons. The monoisotopic (exact) mass is 401 g/mol. The number of hydrogen-bond donors (Lipinski definition) is 0. The third kappa shape index (κ3) is 3.15. The van der Waals surface area contributed by atoms with Gasteiger partial charge in [0.2, 0.25) is 0 Å². The second-order valence-electron chi connectivity index (χ2n) is 9.68. The summed E-state index contributed by atoms with van der Waals surface area (Å²) in [5.41, 5.74) is 6.63. The van der Waals surface area contributed by atoms with E-state index in [1.165, 1.54) is 28.8 Å². The van der Waals surface area contributed by atoms with Gasteiger partial charge in [0.1, 0.15) is 7.85 Å². The number of hydrogen-bond acceptors (Lipinski definition) is 4. The van der Waals surface area contributed by atoms with Crippen LogP contribution >= 0.6 is 0 Å².